The molecule has 2 aliphatic heterocycles. The Bertz CT molecular complexity index is 88.7. The molecule has 2 saturated heterocycles. The summed E-state index contributed by atoms with van der Waals surface area (Å²) < 4.78 is 0. The van der Waals surface area contributed by atoms with Gasteiger partial charge in [-0.05, 0) is 25.9 Å². The molecule has 0 aromatic rings. The molecule has 2 N–H and O–H groups in total. The molecule has 3 fully saturated rings. The van der Waals surface area contributed by atoms with Gasteiger partial charge in [0.25, 0.3) is 0 Å². The second-order valence-corrected chi connectivity index (χ2v) is 2.82. The lowest BCUT2D eigenvalue weighted by Crippen LogP contribution is -2.50. The standard InChI is InChI=1S/C6H12N2/c1-7-6-4-2-5(6)8-3-4/h4-8H,2-3H2,1H3. The topological polar surface area (TPSA) is 24.1 Å². The Morgan fingerprint density at radius 3 is 2.75 bits per heavy atom. The summed E-state index contributed by atoms with van der Waals surface area (Å²) in [7, 11) is 2.05. The van der Waals surface area contributed by atoms with Gasteiger partial charge in [0.1, 0.15) is 0 Å². The van der Waals surface area contributed by atoms with Crippen molar-refractivity contribution >= 4 is 0 Å². The minimum absolute atomic E-state index is 0.801. The van der Waals surface area contributed by atoms with Gasteiger partial charge in [0.05, 0.1) is 0 Å². The van der Waals surface area contributed by atoms with Crippen LogP contribution in [0.1, 0.15) is 6.42 Å². The number of hydrogen-bond acceptors (Lipinski definition) is 2. The molecule has 8 heavy (non-hydrogen) atoms. The van der Waals surface area contributed by atoms with Crippen LogP contribution in [-0.4, -0.2) is 25.7 Å². The molecular formula is C6H12N2. The SMILES string of the molecule is CNC1C2CNC1C2. The summed E-state index contributed by atoms with van der Waals surface area (Å²) in [5, 5.41) is 6.73. The fourth-order valence-corrected chi connectivity index (χ4v) is 1.91. The van der Waals surface area contributed by atoms with E-state index >= 15 is 0 Å². The van der Waals surface area contributed by atoms with Gasteiger partial charge in [-0.3, -0.25) is 0 Å². The van der Waals surface area contributed by atoms with Gasteiger partial charge in [-0.1, -0.05) is 0 Å². The molecule has 1 saturated carbocycles. The molecule has 0 aromatic heterocycles. The molecule has 3 rings (SSSR count). The number of nitrogens with one attached hydrogen (secondary N) is 2. The minimum atomic E-state index is 0.801. The van der Waals surface area contributed by atoms with Crippen LogP contribution in [-0.2, 0) is 0 Å². The van der Waals surface area contributed by atoms with Gasteiger partial charge in [0.15, 0.2) is 0 Å². The lowest BCUT2D eigenvalue weighted by Gasteiger charge is -2.33. The Labute approximate surface area is 49.7 Å². The first-order chi connectivity index (χ1) is 3.92. The van der Waals surface area contributed by atoms with Crippen molar-refractivity contribution in [2.45, 2.75) is 18.5 Å². The summed E-state index contributed by atoms with van der Waals surface area (Å²) >= 11 is 0. The van der Waals surface area contributed by atoms with Gasteiger partial charge in [-0.2, -0.15) is 0 Å². The summed E-state index contributed by atoms with van der Waals surface area (Å²) in [6, 6.07) is 1.61. The quantitative estimate of drug-likeness (QED) is 0.481. The third kappa shape index (κ3) is 0.400. The van der Waals surface area contributed by atoms with E-state index in [1.165, 1.54) is 13.0 Å². The van der Waals surface area contributed by atoms with Crippen LogP contribution < -0.4 is 10.6 Å². The molecule has 46 valence electrons. The highest BCUT2D eigenvalue weighted by Crippen LogP contribution is 2.33. The normalized spacial score (nSPS) is 51.4. The van der Waals surface area contributed by atoms with Crippen molar-refractivity contribution in [1.82, 2.24) is 10.6 Å². The average Bonchev–Trinajstić information content (AvgIpc) is 2.19. The third-order valence-electron chi connectivity index (χ3n) is 2.47. The van der Waals surface area contributed by atoms with Gasteiger partial charge >= 0.3 is 0 Å². The van der Waals surface area contributed by atoms with Crippen molar-refractivity contribution in [2.24, 2.45) is 5.92 Å². The minimum Gasteiger partial charge on any atom is -0.315 e. The van der Waals surface area contributed by atoms with E-state index in [2.05, 4.69) is 17.7 Å². The number of rotatable bonds is 1. The van der Waals surface area contributed by atoms with E-state index in [1.807, 2.05) is 0 Å². The maximum absolute atomic E-state index is 3.43. The maximum Gasteiger partial charge on any atom is 0.0259 e. The highest BCUT2D eigenvalue weighted by Gasteiger charge is 2.45. The van der Waals surface area contributed by atoms with Crippen molar-refractivity contribution in [3.8, 4) is 0 Å². The van der Waals surface area contributed by atoms with Crippen LogP contribution in [0.4, 0.5) is 0 Å². The number of hydrogen-bond donors (Lipinski definition) is 2. The summed E-state index contributed by atoms with van der Waals surface area (Å²) in [6.07, 6.45) is 1.41. The van der Waals surface area contributed by atoms with Crippen molar-refractivity contribution in [3.05, 3.63) is 0 Å². The molecule has 0 aromatic carbocycles. The molecule has 2 nitrogen and oxygen atoms in total. The molecule has 2 bridgehead atoms. The van der Waals surface area contributed by atoms with E-state index in [9.17, 15) is 0 Å². The number of likely N-dealkylation sites (N-methyl/N-ethyl adjacent to an activating group) is 1. The third-order valence-corrected chi connectivity index (χ3v) is 2.47. The van der Waals surface area contributed by atoms with Gasteiger partial charge in [-0.25, -0.2) is 0 Å². The van der Waals surface area contributed by atoms with Crippen LogP contribution in [0.5, 0.6) is 0 Å². The molecule has 3 aliphatic rings. The Balaban J connectivity index is 2.02. The molecule has 2 heterocycles. The zero-order valence-corrected chi connectivity index (χ0v) is 5.15. The van der Waals surface area contributed by atoms with Gasteiger partial charge in [0.2, 0.25) is 0 Å². The van der Waals surface area contributed by atoms with Crippen LogP contribution >= 0.6 is 0 Å². The van der Waals surface area contributed by atoms with Crippen molar-refractivity contribution in [3.63, 3.8) is 0 Å². The summed E-state index contributed by atoms with van der Waals surface area (Å²) in [5.41, 5.74) is 0. The maximum atomic E-state index is 3.43. The summed E-state index contributed by atoms with van der Waals surface area (Å²) in [4.78, 5) is 0. The molecule has 0 amide bonds. The Kier molecular flexibility index (Phi) is 0.866. The smallest absolute Gasteiger partial charge is 0.0259 e. The fourth-order valence-electron chi connectivity index (χ4n) is 1.91. The lowest BCUT2D eigenvalue weighted by molar-refractivity contribution is 0.262. The molecular weight excluding hydrogens is 100 g/mol. The lowest BCUT2D eigenvalue weighted by atomic mass is 9.80. The van der Waals surface area contributed by atoms with E-state index in [4.69, 9.17) is 0 Å². The molecule has 3 atom stereocenters. The average molecular weight is 112 g/mol. The van der Waals surface area contributed by atoms with Gasteiger partial charge in [0, 0.05) is 12.1 Å². The Morgan fingerprint density at radius 2 is 2.50 bits per heavy atom. The molecule has 1 aliphatic carbocycles. The molecule has 2 heteroatoms. The van der Waals surface area contributed by atoms with E-state index < -0.39 is 0 Å². The zero-order chi connectivity index (χ0) is 5.56. The molecule has 0 radical (unpaired) electrons. The van der Waals surface area contributed by atoms with Crippen LogP contribution in [0.2, 0.25) is 0 Å². The molecule has 0 spiro atoms. The van der Waals surface area contributed by atoms with Crippen molar-refractivity contribution < 1.29 is 0 Å². The van der Waals surface area contributed by atoms with E-state index in [0.29, 0.717) is 0 Å². The monoisotopic (exact) mass is 112 g/mol. The van der Waals surface area contributed by atoms with Crippen LogP contribution in [0.25, 0.3) is 0 Å². The van der Waals surface area contributed by atoms with E-state index in [0.717, 1.165) is 18.0 Å². The zero-order valence-electron chi connectivity index (χ0n) is 5.15. The van der Waals surface area contributed by atoms with Crippen molar-refractivity contribution in [2.75, 3.05) is 13.6 Å². The summed E-state index contributed by atoms with van der Waals surface area (Å²) in [6.45, 7) is 1.25. The second kappa shape index (κ2) is 1.45. The first-order valence-electron chi connectivity index (χ1n) is 3.32. The van der Waals surface area contributed by atoms with Crippen LogP contribution in [0.3, 0.4) is 0 Å². The van der Waals surface area contributed by atoms with Gasteiger partial charge in [-0.15, -0.1) is 0 Å². The van der Waals surface area contributed by atoms with E-state index in [-0.39, 0.29) is 0 Å². The largest absolute Gasteiger partial charge is 0.315 e. The second-order valence-electron chi connectivity index (χ2n) is 2.82. The highest BCUT2D eigenvalue weighted by atomic mass is 15.1. The fraction of sp³-hybridized carbons (Fsp3) is 1.00. The predicted molar refractivity (Wildman–Crippen MR) is 32.7 cm³/mol. The van der Waals surface area contributed by atoms with Crippen LogP contribution in [0, 0.1) is 5.92 Å². The predicted octanol–water partition coefficient (Wildman–Crippen LogP) is -0.434. The summed E-state index contributed by atoms with van der Waals surface area (Å²) in [5.74, 6) is 0.949. The number of fused-ring (bicyclic) bond motifs is 1. The highest BCUT2D eigenvalue weighted by molar-refractivity contribution is 5.06. The van der Waals surface area contributed by atoms with Crippen molar-refractivity contribution in [1.29, 1.82) is 0 Å². The first kappa shape index (κ1) is 4.77. The van der Waals surface area contributed by atoms with Crippen LogP contribution in [0.15, 0.2) is 0 Å². The molecule has 3 unspecified atom stereocenters. The van der Waals surface area contributed by atoms with Gasteiger partial charge < -0.3 is 10.6 Å². The van der Waals surface area contributed by atoms with E-state index in [1.54, 1.807) is 0 Å². The Morgan fingerprint density at radius 1 is 1.62 bits per heavy atom. The Hall–Kier alpha value is -0.0800. The first-order valence-corrected chi connectivity index (χ1v) is 3.32.